The fraction of sp³-hybridized carbons (Fsp3) is 0.222. The van der Waals surface area contributed by atoms with Gasteiger partial charge in [-0.15, -0.1) is 0 Å². The molecular weight excluding hydrogens is 310 g/mol. The minimum absolute atomic E-state index is 0.504. The van der Waals surface area contributed by atoms with E-state index < -0.39 is 0 Å². The van der Waals surface area contributed by atoms with E-state index in [0.29, 0.717) is 23.9 Å². The van der Waals surface area contributed by atoms with Gasteiger partial charge in [0.25, 0.3) is 0 Å². The minimum atomic E-state index is 0.504. The van der Waals surface area contributed by atoms with Crippen LogP contribution in [-0.2, 0) is 0 Å². The maximum atomic E-state index is 8.04. The van der Waals surface area contributed by atoms with Crippen LogP contribution in [0.15, 0.2) is 47.5 Å². The average molecular weight is 328 g/mol. The number of benzodiazepines with no additional fused rings is 1. The average Bonchev–Trinajstić information content (AvgIpc) is 2.74. The van der Waals surface area contributed by atoms with Gasteiger partial charge in [-0.05, 0) is 37.3 Å². The summed E-state index contributed by atoms with van der Waals surface area (Å²) in [5, 5.41) is 8.74. The lowest BCUT2D eigenvalue weighted by Crippen LogP contribution is -2.30. The molecule has 3 rings (SSSR count). The molecule has 1 aliphatic rings. The van der Waals surface area contributed by atoms with Crippen LogP contribution in [0.2, 0.25) is 5.02 Å². The summed E-state index contributed by atoms with van der Waals surface area (Å²) in [7, 11) is 1.65. The van der Waals surface area contributed by atoms with Crippen LogP contribution in [0.5, 0.6) is 5.75 Å². The molecule has 0 saturated heterocycles. The zero-order valence-electron chi connectivity index (χ0n) is 13.1. The molecule has 0 bridgehead atoms. The third-order valence-electron chi connectivity index (χ3n) is 3.87. The van der Waals surface area contributed by atoms with Crippen LogP contribution in [0.1, 0.15) is 18.1 Å². The predicted octanol–water partition coefficient (Wildman–Crippen LogP) is 4.00. The molecule has 0 spiro atoms. The molecule has 5 heteroatoms. The van der Waals surface area contributed by atoms with E-state index in [9.17, 15) is 0 Å². The molecule has 2 aromatic carbocycles. The number of hydrogen-bond acceptors (Lipinski definition) is 3. The van der Waals surface area contributed by atoms with Gasteiger partial charge in [0.15, 0.2) is 0 Å². The van der Waals surface area contributed by atoms with Crippen molar-refractivity contribution in [1.29, 1.82) is 5.41 Å². The molecule has 0 atom stereocenters. The monoisotopic (exact) mass is 327 g/mol. The first kappa shape index (κ1) is 15.6. The highest BCUT2D eigenvalue weighted by atomic mass is 35.5. The van der Waals surface area contributed by atoms with Gasteiger partial charge in [0.2, 0.25) is 0 Å². The molecule has 0 saturated carbocycles. The Labute approximate surface area is 140 Å². The highest BCUT2D eigenvalue weighted by Gasteiger charge is 2.21. The summed E-state index contributed by atoms with van der Waals surface area (Å²) in [6.07, 6.45) is 0. The lowest BCUT2D eigenvalue weighted by atomic mass is 10.00. The Kier molecular flexibility index (Phi) is 4.35. The molecule has 0 fully saturated rings. The maximum Gasteiger partial charge on any atom is 0.119 e. The number of anilines is 1. The van der Waals surface area contributed by atoms with Gasteiger partial charge in [-0.3, -0.25) is 10.4 Å². The number of halogens is 1. The fourth-order valence-electron chi connectivity index (χ4n) is 2.74. The number of nitrogens with one attached hydrogen (secondary N) is 1. The van der Waals surface area contributed by atoms with Crippen molar-refractivity contribution in [2.75, 3.05) is 25.1 Å². The summed E-state index contributed by atoms with van der Waals surface area (Å²) in [6.45, 7) is 3.11. The number of fused-ring (bicyclic) bond motifs is 1. The third-order valence-corrected chi connectivity index (χ3v) is 4.12. The predicted molar refractivity (Wildman–Crippen MR) is 95.7 cm³/mol. The number of aliphatic imine (C=N–C) groups is 1. The van der Waals surface area contributed by atoms with Crippen LogP contribution < -0.4 is 9.64 Å². The second-order valence-electron chi connectivity index (χ2n) is 5.36. The van der Waals surface area contributed by atoms with E-state index in [0.717, 1.165) is 28.3 Å². The van der Waals surface area contributed by atoms with Gasteiger partial charge < -0.3 is 9.64 Å². The van der Waals surface area contributed by atoms with Crippen molar-refractivity contribution in [3.8, 4) is 5.75 Å². The molecule has 0 radical (unpaired) electrons. The van der Waals surface area contributed by atoms with Crippen molar-refractivity contribution in [2.24, 2.45) is 4.99 Å². The summed E-state index contributed by atoms with van der Waals surface area (Å²) in [5.41, 5.74) is 3.85. The standard InChI is InChI=1S/C18H18ClN3O/c1-12(20)22-10-9-21-18(13-3-5-14(19)6-4-13)16-11-15(23-2)7-8-17(16)22/h3-8,11,20H,9-10H2,1-2H3. The highest BCUT2D eigenvalue weighted by Crippen LogP contribution is 2.30. The van der Waals surface area contributed by atoms with Crippen molar-refractivity contribution < 1.29 is 4.74 Å². The van der Waals surface area contributed by atoms with Crippen LogP contribution in [0.3, 0.4) is 0 Å². The summed E-state index contributed by atoms with van der Waals surface area (Å²) in [4.78, 5) is 6.73. The number of hydrogen-bond donors (Lipinski definition) is 1. The van der Waals surface area contributed by atoms with E-state index in [1.165, 1.54) is 0 Å². The summed E-state index contributed by atoms with van der Waals surface area (Å²) in [5.74, 6) is 1.28. The Morgan fingerprint density at radius 2 is 1.96 bits per heavy atom. The zero-order valence-corrected chi connectivity index (χ0v) is 13.9. The normalized spacial score (nSPS) is 13.9. The number of nitrogens with zero attached hydrogens (tertiary/aromatic N) is 2. The van der Waals surface area contributed by atoms with E-state index in [2.05, 4.69) is 0 Å². The molecule has 0 amide bonds. The summed E-state index contributed by atoms with van der Waals surface area (Å²) in [6, 6.07) is 13.6. The van der Waals surface area contributed by atoms with Crippen LogP contribution >= 0.6 is 11.6 Å². The maximum absolute atomic E-state index is 8.04. The van der Waals surface area contributed by atoms with Gasteiger partial charge in [0.1, 0.15) is 5.75 Å². The van der Waals surface area contributed by atoms with Gasteiger partial charge in [0.05, 0.1) is 30.9 Å². The van der Waals surface area contributed by atoms with E-state index >= 15 is 0 Å². The highest BCUT2D eigenvalue weighted by molar-refractivity contribution is 6.30. The molecular formula is C18H18ClN3O. The Morgan fingerprint density at radius 1 is 1.22 bits per heavy atom. The Morgan fingerprint density at radius 3 is 2.61 bits per heavy atom. The smallest absolute Gasteiger partial charge is 0.119 e. The number of rotatable bonds is 2. The lowest BCUT2D eigenvalue weighted by molar-refractivity contribution is 0.415. The third kappa shape index (κ3) is 3.08. The summed E-state index contributed by atoms with van der Waals surface area (Å²) < 4.78 is 5.37. The van der Waals surface area contributed by atoms with Crippen molar-refractivity contribution >= 4 is 28.8 Å². The van der Waals surface area contributed by atoms with E-state index in [4.69, 9.17) is 26.7 Å². The largest absolute Gasteiger partial charge is 0.497 e. The first-order valence-corrected chi connectivity index (χ1v) is 7.79. The summed E-state index contributed by atoms with van der Waals surface area (Å²) >= 11 is 6.00. The van der Waals surface area contributed by atoms with Crippen molar-refractivity contribution in [3.63, 3.8) is 0 Å². The molecule has 0 unspecified atom stereocenters. The first-order chi connectivity index (χ1) is 11.1. The first-order valence-electron chi connectivity index (χ1n) is 7.41. The molecule has 23 heavy (non-hydrogen) atoms. The quantitative estimate of drug-likeness (QED) is 0.669. The van der Waals surface area contributed by atoms with Crippen LogP contribution in [0, 0.1) is 5.41 Å². The molecule has 2 aromatic rings. The van der Waals surface area contributed by atoms with Crippen LogP contribution in [0.25, 0.3) is 0 Å². The van der Waals surface area contributed by atoms with Crippen molar-refractivity contribution in [3.05, 3.63) is 58.6 Å². The van der Waals surface area contributed by atoms with E-state index in [1.54, 1.807) is 14.0 Å². The van der Waals surface area contributed by atoms with E-state index in [-0.39, 0.29) is 0 Å². The van der Waals surface area contributed by atoms with Crippen molar-refractivity contribution in [2.45, 2.75) is 6.92 Å². The van der Waals surface area contributed by atoms with Crippen LogP contribution in [-0.4, -0.2) is 31.7 Å². The fourth-order valence-corrected chi connectivity index (χ4v) is 2.86. The van der Waals surface area contributed by atoms with Crippen LogP contribution in [0.4, 0.5) is 5.69 Å². The van der Waals surface area contributed by atoms with Gasteiger partial charge in [-0.25, -0.2) is 0 Å². The Balaban J connectivity index is 2.17. The Hall–Kier alpha value is -2.33. The molecule has 1 aliphatic heterocycles. The SMILES string of the molecule is COc1ccc2c(c1)C(c1ccc(Cl)cc1)=NCCN2C(C)=N. The Bertz CT molecular complexity index is 768. The van der Waals surface area contributed by atoms with Gasteiger partial charge in [-0.2, -0.15) is 0 Å². The molecule has 1 N–H and O–H groups in total. The lowest BCUT2D eigenvalue weighted by Gasteiger charge is -2.23. The number of ether oxygens (including phenoxy) is 1. The molecule has 0 aliphatic carbocycles. The molecule has 1 heterocycles. The molecule has 4 nitrogen and oxygen atoms in total. The zero-order chi connectivity index (χ0) is 16.4. The number of benzene rings is 2. The molecule has 118 valence electrons. The topological polar surface area (TPSA) is 48.7 Å². The van der Waals surface area contributed by atoms with E-state index in [1.807, 2.05) is 47.4 Å². The second kappa shape index (κ2) is 6.42. The van der Waals surface area contributed by atoms with Gasteiger partial charge in [0, 0.05) is 22.7 Å². The molecule has 0 aromatic heterocycles. The second-order valence-corrected chi connectivity index (χ2v) is 5.79. The van der Waals surface area contributed by atoms with Crippen molar-refractivity contribution in [1.82, 2.24) is 0 Å². The number of amidine groups is 1. The minimum Gasteiger partial charge on any atom is -0.497 e. The number of methoxy groups -OCH3 is 1. The van der Waals surface area contributed by atoms with Gasteiger partial charge >= 0.3 is 0 Å². The van der Waals surface area contributed by atoms with Gasteiger partial charge in [-0.1, -0.05) is 23.7 Å².